The Hall–Kier alpha value is -2.00. The Morgan fingerprint density at radius 1 is 1.03 bits per heavy atom. The van der Waals surface area contributed by atoms with Crippen LogP contribution in [0.3, 0.4) is 0 Å². The van der Waals surface area contributed by atoms with Gasteiger partial charge in [-0.05, 0) is 24.3 Å². The van der Waals surface area contributed by atoms with Gasteiger partial charge in [-0.3, -0.25) is 4.79 Å². The largest absolute Gasteiger partial charge is 0.493 e. The van der Waals surface area contributed by atoms with E-state index in [9.17, 15) is 13.2 Å². The quantitative estimate of drug-likeness (QED) is 0.645. The van der Waals surface area contributed by atoms with E-state index in [4.69, 9.17) is 37.4 Å². The van der Waals surface area contributed by atoms with Crippen LogP contribution in [0.25, 0.3) is 0 Å². The smallest absolute Gasteiger partial charge is 0.243 e. The lowest BCUT2D eigenvalue weighted by Crippen LogP contribution is -2.52. The molecular weight excluding hydrogens is 465 g/mol. The molecule has 0 bridgehead atoms. The summed E-state index contributed by atoms with van der Waals surface area (Å²) in [7, 11) is -0.812. The first-order chi connectivity index (χ1) is 14.7. The molecule has 1 spiro atoms. The number of fused-ring (bicyclic) bond motifs is 1. The maximum atomic E-state index is 13.2. The van der Waals surface area contributed by atoms with E-state index < -0.39 is 15.6 Å². The van der Waals surface area contributed by atoms with Crippen molar-refractivity contribution in [3.8, 4) is 17.2 Å². The maximum absolute atomic E-state index is 13.2. The summed E-state index contributed by atoms with van der Waals surface area (Å²) >= 11 is 12.3. The van der Waals surface area contributed by atoms with Gasteiger partial charge in [0.1, 0.15) is 11.4 Å². The molecule has 166 valence electrons. The molecule has 2 aromatic carbocycles. The van der Waals surface area contributed by atoms with Crippen LogP contribution in [-0.4, -0.2) is 51.4 Å². The van der Waals surface area contributed by atoms with Gasteiger partial charge in [-0.15, -0.1) is 0 Å². The van der Waals surface area contributed by atoms with Crippen molar-refractivity contribution in [2.45, 2.75) is 29.8 Å². The summed E-state index contributed by atoms with van der Waals surface area (Å²) in [6.07, 6.45) is 0.883. The SMILES string of the molecule is COc1ccc(S(=O)(=O)N2CCC3(CC2)CC(=O)c2cc(Cl)cc(Cl)c2O3)cc1OC. The normalized spacial score (nSPS) is 18.4. The first kappa shape index (κ1) is 22.2. The summed E-state index contributed by atoms with van der Waals surface area (Å²) in [6, 6.07) is 7.57. The number of methoxy groups -OCH3 is 2. The first-order valence-corrected chi connectivity index (χ1v) is 11.8. The van der Waals surface area contributed by atoms with Crippen molar-refractivity contribution < 1.29 is 27.4 Å². The molecule has 1 saturated heterocycles. The number of carbonyl (C=O) groups is 1. The van der Waals surface area contributed by atoms with Gasteiger partial charge >= 0.3 is 0 Å². The number of hydrogen-bond donors (Lipinski definition) is 0. The van der Waals surface area contributed by atoms with E-state index in [2.05, 4.69) is 0 Å². The van der Waals surface area contributed by atoms with Gasteiger partial charge in [0.2, 0.25) is 10.0 Å². The third kappa shape index (κ3) is 3.98. The van der Waals surface area contributed by atoms with Crippen LogP contribution < -0.4 is 14.2 Å². The molecule has 2 heterocycles. The minimum atomic E-state index is -3.75. The number of piperidine rings is 1. The van der Waals surface area contributed by atoms with Crippen LogP contribution in [0.5, 0.6) is 17.2 Å². The fourth-order valence-electron chi connectivity index (χ4n) is 4.05. The van der Waals surface area contributed by atoms with Crippen molar-refractivity contribution in [3.05, 3.63) is 45.9 Å². The van der Waals surface area contributed by atoms with Crippen molar-refractivity contribution >= 4 is 39.0 Å². The van der Waals surface area contributed by atoms with Crippen LogP contribution in [0.1, 0.15) is 29.6 Å². The van der Waals surface area contributed by atoms with Crippen molar-refractivity contribution in [3.63, 3.8) is 0 Å². The first-order valence-electron chi connectivity index (χ1n) is 9.62. The Balaban J connectivity index is 1.55. The van der Waals surface area contributed by atoms with Gasteiger partial charge in [-0.25, -0.2) is 8.42 Å². The highest BCUT2D eigenvalue weighted by Gasteiger charge is 2.45. The summed E-state index contributed by atoms with van der Waals surface area (Å²) in [5, 5.41) is 0.641. The lowest BCUT2D eigenvalue weighted by atomic mass is 9.83. The number of hydrogen-bond acceptors (Lipinski definition) is 6. The molecule has 2 aromatic rings. The molecule has 0 radical (unpaired) electrons. The zero-order chi connectivity index (χ0) is 22.4. The maximum Gasteiger partial charge on any atom is 0.243 e. The van der Waals surface area contributed by atoms with Crippen LogP contribution in [0.2, 0.25) is 10.0 Å². The van der Waals surface area contributed by atoms with Gasteiger partial charge < -0.3 is 14.2 Å². The van der Waals surface area contributed by atoms with E-state index in [1.807, 2.05) is 0 Å². The average Bonchev–Trinajstić information content (AvgIpc) is 2.74. The molecule has 0 aliphatic carbocycles. The van der Waals surface area contributed by atoms with Gasteiger partial charge in [-0.1, -0.05) is 23.2 Å². The molecule has 0 N–H and O–H groups in total. The number of ether oxygens (including phenoxy) is 3. The molecule has 2 aliphatic heterocycles. The Bertz CT molecular complexity index is 1140. The highest BCUT2D eigenvalue weighted by Crippen LogP contribution is 2.44. The number of rotatable bonds is 4. The highest BCUT2D eigenvalue weighted by molar-refractivity contribution is 7.89. The summed E-state index contributed by atoms with van der Waals surface area (Å²) in [5.41, 5.74) is -0.422. The zero-order valence-corrected chi connectivity index (χ0v) is 19.3. The number of Topliss-reactive ketones (excluding diaryl/α,β-unsaturated/α-hetero) is 1. The number of ketones is 1. The number of carbonyl (C=O) groups excluding carboxylic acids is 1. The Kier molecular flexibility index (Phi) is 5.85. The molecule has 31 heavy (non-hydrogen) atoms. The number of halogens is 2. The second-order valence-electron chi connectivity index (χ2n) is 7.57. The number of benzene rings is 2. The lowest BCUT2D eigenvalue weighted by molar-refractivity contribution is 0.00598. The van der Waals surface area contributed by atoms with Crippen LogP contribution in [-0.2, 0) is 10.0 Å². The van der Waals surface area contributed by atoms with Crippen molar-refractivity contribution in [1.82, 2.24) is 4.31 Å². The van der Waals surface area contributed by atoms with Gasteiger partial charge in [-0.2, -0.15) is 4.31 Å². The molecule has 0 amide bonds. The molecule has 0 atom stereocenters. The Morgan fingerprint density at radius 3 is 2.35 bits per heavy atom. The van der Waals surface area contributed by atoms with Crippen molar-refractivity contribution in [1.29, 1.82) is 0 Å². The van der Waals surface area contributed by atoms with Gasteiger partial charge in [0.15, 0.2) is 17.3 Å². The summed E-state index contributed by atoms with van der Waals surface area (Å²) in [5.74, 6) is 0.993. The predicted molar refractivity (Wildman–Crippen MR) is 116 cm³/mol. The second kappa shape index (κ2) is 8.16. The molecule has 0 aromatic heterocycles. The second-order valence-corrected chi connectivity index (χ2v) is 10.4. The van der Waals surface area contributed by atoms with Gasteiger partial charge in [0.25, 0.3) is 0 Å². The molecule has 0 unspecified atom stereocenters. The highest BCUT2D eigenvalue weighted by atomic mass is 35.5. The minimum Gasteiger partial charge on any atom is -0.493 e. The lowest BCUT2D eigenvalue weighted by Gasteiger charge is -2.43. The molecule has 1 fully saturated rings. The van der Waals surface area contributed by atoms with Crippen LogP contribution in [0, 0.1) is 0 Å². The monoisotopic (exact) mass is 485 g/mol. The van der Waals surface area contributed by atoms with E-state index in [0.717, 1.165) is 0 Å². The topological polar surface area (TPSA) is 82.1 Å². The van der Waals surface area contributed by atoms with Crippen LogP contribution in [0.15, 0.2) is 35.2 Å². The van der Waals surface area contributed by atoms with Gasteiger partial charge in [0, 0.05) is 37.0 Å². The summed E-state index contributed by atoms with van der Waals surface area (Å²) in [4.78, 5) is 12.9. The molecule has 10 heteroatoms. The third-order valence-electron chi connectivity index (χ3n) is 5.74. The van der Waals surface area contributed by atoms with Crippen LogP contribution >= 0.6 is 23.2 Å². The molecule has 7 nitrogen and oxygen atoms in total. The van der Waals surface area contributed by atoms with E-state index in [1.54, 1.807) is 12.1 Å². The fraction of sp³-hybridized carbons (Fsp3) is 0.381. The zero-order valence-electron chi connectivity index (χ0n) is 17.0. The molecule has 4 rings (SSSR count). The number of sulfonamides is 1. The Labute approximate surface area is 190 Å². The molecular formula is C21H21Cl2NO6S. The third-order valence-corrected chi connectivity index (χ3v) is 8.13. The minimum absolute atomic E-state index is 0.109. The average molecular weight is 486 g/mol. The molecule has 0 saturated carbocycles. The summed E-state index contributed by atoms with van der Waals surface area (Å²) < 4.78 is 44.3. The van der Waals surface area contributed by atoms with Crippen LogP contribution in [0.4, 0.5) is 0 Å². The Morgan fingerprint density at radius 2 is 1.71 bits per heavy atom. The number of nitrogens with zero attached hydrogens (tertiary/aromatic N) is 1. The summed E-state index contributed by atoms with van der Waals surface area (Å²) in [6.45, 7) is 0.426. The van der Waals surface area contributed by atoms with Gasteiger partial charge in [0.05, 0.1) is 36.1 Å². The predicted octanol–water partition coefficient (Wildman–Crippen LogP) is 4.20. The van der Waals surface area contributed by atoms with E-state index in [0.29, 0.717) is 40.7 Å². The van der Waals surface area contributed by atoms with E-state index >= 15 is 0 Å². The standard InChI is InChI=1S/C21H21Cl2NO6S/c1-28-18-4-3-14(11-19(18)29-2)31(26,27)24-7-5-21(6-8-24)12-17(25)15-9-13(22)10-16(23)20(15)30-21/h3-4,9-11H,5-8,12H2,1-2H3. The molecule has 2 aliphatic rings. The van der Waals surface area contributed by atoms with E-state index in [1.165, 1.54) is 36.7 Å². The van der Waals surface area contributed by atoms with Crippen molar-refractivity contribution in [2.24, 2.45) is 0 Å². The fourth-order valence-corrected chi connectivity index (χ4v) is 6.04. The van der Waals surface area contributed by atoms with Crippen molar-refractivity contribution in [2.75, 3.05) is 27.3 Å². The van der Waals surface area contributed by atoms with E-state index in [-0.39, 0.29) is 35.2 Å².